The molecule has 2 rings (SSSR count). The highest BCUT2D eigenvalue weighted by atomic mass is 16.1. The van der Waals surface area contributed by atoms with Gasteiger partial charge in [0.05, 0.1) is 0 Å². The molecule has 1 aromatic rings. The molecule has 1 aliphatic heterocycles. The zero-order valence-corrected chi connectivity index (χ0v) is 10.6. The summed E-state index contributed by atoms with van der Waals surface area (Å²) in [5.74, 6) is 0. The molecule has 1 heterocycles. The van der Waals surface area contributed by atoms with Gasteiger partial charge in [-0.25, -0.2) is 0 Å². The second kappa shape index (κ2) is 5.32. The largest absolute Gasteiger partial charge is 0.377 e. The van der Waals surface area contributed by atoms with E-state index in [9.17, 15) is 4.79 Å². The quantitative estimate of drug-likeness (QED) is 0.743. The van der Waals surface area contributed by atoms with Crippen LogP contribution in [0.2, 0.25) is 0 Å². The zero-order chi connectivity index (χ0) is 12.3. The third kappa shape index (κ3) is 2.86. The van der Waals surface area contributed by atoms with E-state index in [2.05, 4.69) is 15.9 Å². The summed E-state index contributed by atoms with van der Waals surface area (Å²) in [6.07, 6.45) is 3.53. The number of benzene rings is 1. The summed E-state index contributed by atoms with van der Waals surface area (Å²) in [7, 11) is 4.05. The molecular formula is C14H20N2O. The summed E-state index contributed by atoms with van der Waals surface area (Å²) in [6, 6.07) is 5.96. The maximum Gasteiger partial charge on any atom is 0.150 e. The van der Waals surface area contributed by atoms with Crippen LogP contribution >= 0.6 is 0 Å². The highest BCUT2D eigenvalue weighted by Crippen LogP contribution is 2.23. The number of carbonyl (C=O) groups excluding carboxylic acids is 1. The van der Waals surface area contributed by atoms with Crippen LogP contribution in [0.4, 0.5) is 5.69 Å². The predicted octanol–water partition coefficient (Wildman–Crippen LogP) is 2.16. The van der Waals surface area contributed by atoms with Crippen molar-refractivity contribution in [1.29, 1.82) is 0 Å². The Morgan fingerprint density at radius 1 is 1.29 bits per heavy atom. The summed E-state index contributed by atoms with van der Waals surface area (Å²) < 4.78 is 0. The van der Waals surface area contributed by atoms with Gasteiger partial charge in [0.15, 0.2) is 0 Å². The molecule has 0 amide bonds. The topological polar surface area (TPSA) is 23.6 Å². The van der Waals surface area contributed by atoms with E-state index in [0.29, 0.717) is 0 Å². The number of nitrogens with zero attached hydrogens (tertiary/aromatic N) is 2. The van der Waals surface area contributed by atoms with Crippen molar-refractivity contribution in [2.75, 3.05) is 32.1 Å². The second-order valence-corrected chi connectivity index (χ2v) is 4.88. The fraction of sp³-hybridized carbons (Fsp3) is 0.500. The van der Waals surface area contributed by atoms with E-state index in [0.717, 1.165) is 24.1 Å². The molecule has 1 aromatic carbocycles. The third-order valence-electron chi connectivity index (χ3n) is 3.32. The summed E-state index contributed by atoms with van der Waals surface area (Å²) in [5.41, 5.74) is 3.21. The number of hydrogen-bond acceptors (Lipinski definition) is 3. The lowest BCUT2D eigenvalue weighted by Crippen LogP contribution is -2.21. The van der Waals surface area contributed by atoms with Gasteiger partial charge in [0, 0.05) is 31.9 Å². The van der Waals surface area contributed by atoms with Crippen molar-refractivity contribution >= 4 is 12.0 Å². The Hall–Kier alpha value is -1.35. The number of carbonyl (C=O) groups is 1. The molecule has 1 fully saturated rings. The number of hydrogen-bond donors (Lipinski definition) is 0. The molecule has 0 N–H and O–H groups in total. The number of likely N-dealkylation sites (tertiary alicyclic amines) is 1. The monoisotopic (exact) mass is 232 g/mol. The molecule has 0 unspecified atom stereocenters. The van der Waals surface area contributed by atoms with Crippen molar-refractivity contribution in [3.8, 4) is 0 Å². The van der Waals surface area contributed by atoms with Crippen LogP contribution in [0.25, 0.3) is 0 Å². The van der Waals surface area contributed by atoms with E-state index in [1.165, 1.54) is 31.5 Å². The van der Waals surface area contributed by atoms with Gasteiger partial charge in [-0.15, -0.1) is 0 Å². The van der Waals surface area contributed by atoms with Gasteiger partial charge in [0.25, 0.3) is 0 Å². The number of anilines is 1. The van der Waals surface area contributed by atoms with Gasteiger partial charge < -0.3 is 4.90 Å². The summed E-state index contributed by atoms with van der Waals surface area (Å²) in [5, 5.41) is 0. The summed E-state index contributed by atoms with van der Waals surface area (Å²) in [6.45, 7) is 3.39. The van der Waals surface area contributed by atoms with Gasteiger partial charge in [0.1, 0.15) is 6.29 Å². The molecule has 0 saturated carbocycles. The van der Waals surface area contributed by atoms with Crippen LogP contribution in [0.3, 0.4) is 0 Å². The first-order chi connectivity index (χ1) is 8.20. The van der Waals surface area contributed by atoms with E-state index in [1.54, 1.807) is 0 Å². The van der Waals surface area contributed by atoms with E-state index in [-0.39, 0.29) is 0 Å². The minimum Gasteiger partial charge on any atom is -0.377 e. The minimum absolute atomic E-state index is 0.749. The number of rotatable bonds is 4. The van der Waals surface area contributed by atoms with Gasteiger partial charge in [-0.2, -0.15) is 0 Å². The first-order valence-electron chi connectivity index (χ1n) is 6.18. The molecule has 0 bridgehead atoms. The molecule has 1 aliphatic rings. The van der Waals surface area contributed by atoms with Crippen molar-refractivity contribution in [3.63, 3.8) is 0 Å². The standard InChI is InChI=1S/C14H20N2O/c1-15(2)14-9-12(11-17)5-6-13(14)10-16-7-3-4-8-16/h5-6,9,11H,3-4,7-8,10H2,1-2H3. The lowest BCUT2D eigenvalue weighted by atomic mass is 10.1. The van der Waals surface area contributed by atoms with Crippen molar-refractivity contribution in [1.82, 2.24) is 4.90 Å². The molecule has 3 heteroatoms. The smallest absolute Gasteiger partial charge is 0.150 e. The Morgan fingerprint density at radius 3 is 2.59 bits per heavy atom. The average Bonchev–Trinajstić information content (AvgIpc) is 2.82. The molecule has 0 radical (unpaired) electrons. The maximum absolute atomic E-state index is 10.8. The van der Waals surface area contributed by atoms with E-state index >= 15 is 0 Å². The van der Waals surface area contributed by atoms with Crippen LogP contribution in [0.15, 0.2) is 18.2 Å². The molecule has 1 saturated heterocycles. The van der Waals surface area contributed by atoms with E-state index in [1.807, 2.05) is 26.2 Å². The first kappa shape index (κ1) is 12.1. The maximum atomic E-state index is 10.8. The molecule has 17 heavy (non-hydrogen) atoms. The Morgan fingerprint density at radius 2 is 2.00 bits per heavy atom. The molecule has 0 aromatic heterocycles. The van der Waals surface area contributed by atoms with Crippen LogP contribution < -0.4 is 4.90 Å². The van der Waals surface area contributed by atoms with Gasteiger partial charge in [-0.3, -0.25) is 9.69 Å². The predicted molar refractivity (Wildman–Crippen MR) is 70.7 cm³/mol. The van der Waals surface area contributed by atoms with Crippen LogP contribution in [0, 0.1) is 0 Å². The first-order valence-corrected chi connectivity index (χ1v) is 6.18. The fourth-order valence-electron chi connectivity index (χ4n) is 2.39. The Bertz CT molecular complexity index is 395. The van der Waals surface area contributed by atoms with Gasteiger partial charge in [-0.05, 0) is 37.6 Å². The summed E-state index contributed by atoms with van der Waals surface area (Å²) in [4.78, 5) is 15.4. The van der Waals surface area contributed by atoms with E-state index < -0.39 is 0 Å². The molecular weight excluding hydrogens is 212 g/mol. The molecule has 3 nitrogen and oxygen atoms in total. The number of aldehydes is 1. The van der Waals surface area contributed by atoms with Crippen molar-refractivity contribution in [2.45, 2.75) is 19.4 Å². The highest BCUT2D eigenvalue weighted by molar-refractivity contribution is 5.78. The van der Waals surface area contributed by atoms with Crippen molar-refractivity contribution in [3.05, 3.63) is 29.3 Å². The lowest BCUT2D eigenvalue weighted by Gasteiger charge is -2.22. The average molecular weight is 232 g/mol. The Kier molecular flexibility index (Phi) is 3.79. The normalized spacial score (nSPS) is 16.1. The third-order valence-corrected chi connectivity index (χ3v) is 3.32. The fourth-order valence-corrected chi connectivity index (χ4v) is 2.39. The molecule has 0 atom stereocenters. The van der Waals surface area contributed by atoms with E-state index in [4.69, 9.17) is 0 Å². The lowest BCUT2D eigenvalue weighted by molar-refractivity contribution is 0.112. The van der Waals surface area contributed by atoms with Crippen molar-refractivity contribution in [2.24, 2.45) is 0 Å². The molecule has 92 valence electrons. The van der Waals surface area contributed by atoms with Crippen LogP contribution in [0.1, 0.15) is 28.8 Å². The van der Waals surface area contributed by atoms with Gasteiger partial charge in [0.2, 0.25) is 0 Å². The van der Waals surface area contributed by atoms with Crippen LogP contribution in [0.5, 0.6) is 0 Å². The van der Waals surface area contributed by atoms with Gasteiger partial charge in [-0.1, -0.05) is 12.1 Å². The van der Waals surface area contributed by atoms with Crippen LogP contribution in [-0.2, 0) is 6.54 Å². The highest BCUT2D eigenvalue weighted by Gasteiger charge is 2.14. The zero-order valence-electron chi connectivity index (χ0n) is 10.6. The minimum atomic E-state index is 0.749. The Balaban J connectivity index is 2.22. The second-order valence-electron chi connectivity index (χ2n) is 4.88. The van der Waals surface area contributed by atoms with Crippen molar-refractivity contribution < 1.29 is 4.79 Å². The molecule has 0 spiro atoms. The Labute approximate surface area is 103 Å². The van der Waals surface area contributed by atoms with Gasteiger partial charge >= 0.3 is 0 Å². The molecule has 0 aliphatic carbocycles. The van der Waals surface area contributed by atoms with Crippen LogP contribution in [-0.4, -0.2) is 38.4 Å². The SMILES string of the molecule is CN(C)c1cc(C=O)ccc1CN1CCCC1. The summed E-state index contributed by atoms with van der Waals surface area (Å²) >= 11 is 0.